The number of ketones is 3. The van der Waals surface area contributed by atoms with Gasteiger partial charge in [-0.25, -0.2) is 9.47 Å². The number of benzene rings is 2. The van der Waals surface area contributed by atoms with E-state index in [1.54, 1.807) is 4.98 Å². The van der Waals surface area contributed by atoms with Crippen LogP contribution in [-0.2, 0) is 20.7 Å². The lowest BCUT2D eigenvalue weighted by molar-refractivity contribution is -0.246. The summed E-state index contributed by atoms with van der Waals surface area (Å²) in [5.41, 5.74) is -4.04. The standard InChI is InChI=1S/C31H30FN3O13/c1-11-24(38)15(34-35-9-14(32)29(43)33-30(35)44)6-19(47-11)48-17-8-31(45,18(37)10-36)7-13-21(17)28(42)23-22(26(13)40)25(39)12-4-3-5-16(46-2)20(12)27(23)41/h3-5,9,11,15,17,19,24,34,36,38,40,42,45H,6-8,10H2,1-2H3,(H,33,43,44)/t11?,15?,17-,19?,24?,31-/m0/s1. The number of hydrogen-bond acceptors (Lipinski definition) is 14. The summed E-state index contributed by atoms with van der Waals surface area (Å²) in [6.45, 7) is 0.334. The van der Waals surface area contributed by atoms with Crippen molar-refractivity contribution in [2.75, 3.05) is 19.1 Å². The number of H-pyrrole nitrogens is 1. The number of aromatic nitrogens is 2. The number of nitrogens with one attached hydrogen (secondary N) is 2. The summed E-state index contributed by atoms with van der Waals surface area (Å²) in [6, 6.07) is 3.15. The Morgan fingerprint density at radius 3 is 2.54 bits per heavy atom. The van der Waals surface area contributed by atoms with Crippen LogP contribution in [0.15, 0.2) is 34.0 Å². The molecule has 2 heterocycles. The lowest BCUT2D eigenvalue weighted by atomic mass is 9.72. The third kappa shape index (κ3) is 5.15. The summed E-state index contributed by atoms with van der Waals surface area (Å²) in [5, 5.41) is 55.0. The fourth-order valence-electron chi connectivity index (χ4n) is 6.57. The van der Waals surface area contributed by atoms with Crippen LogP contribution < -0.4 is 21.4 Å². The topological polar surface area (TPSA) is 247 Å². The number of phenols is 2. The van der Waals surface area contributed by atoms with E-state index < -0.39 is 113 Å². The quantitative estimate of drug-likeness (QED) is 0.120. The third-order valence-electron chi connectivity index (χ3n) is 8.96. The van der Waals surface area contributed by atoms with Gasteiger partial charge in [-0.3, -0.25) is 24.2 Å². The number of aromatic hydroxyl groups is 2. The summed E-state index contributed by atoms with van der Waals surface area (Å²) in [7, 11) is 1.28. The minimum Gasteiger partial charge on any atom is -0.507 e. The number of nitrogens with zero attached hydrogens (tertiary/aromatic N) is 1. The van der Waals surface area contributed by atoms with Crippen LogP contribution >= 0.6 is 0 Å². The van der Waals surface area contributed by atoms with Crippen molar-refractivity contribution in [3.05, 3.63) is 84.4 Å². The first-order valence-electron chi connectivity index (χ1n) is 14.7. The number of aliphatic hydroxyl groups excluding tert-OH is 2. The van der Waals surface area contributed by atoms with E-state index >= 15 is 0 Å². The lowest BCUT2D eigenvalue weighted by Crippen LogP contribution is -2.55. The van der Waals surface area contributed by atoms with Gasteiger partial charge in [0.05, 0.1) is 48.2 Å². The van der Waals surface area contributed by atoms with Gasteiger partial charge >= 0.3 is 5.69 Å². The molecule has 48 heavy (non-hydrogen) atoms. The Hall–Kier alpha value is -4.94. The maximum absolute atomic E-state index is 13.9. The molecule has 4 unspecified atom stereocenters. The van der Waals surface area contributed by atoms with Crippen LogP contribution in [0.3, 0.4) is 0 Å². The average molecular weight is 672 g/mol. The number of carbonyl (C=O) groups excluding carboxylic acids is 3. The molecular weight excluding hydrogens is 641 g/mol. The number of fused-ring (bicyclic) bond motifs is 3. The van der Waals surface area contributed by atoms with Crippen LogP contribution in [0.4, 0.5) is 4.39 Å². The first-order chi connectivity index (χ1) is 22.7. The van der Waals surface area contributed by atoms with E-state index in [-0.39, 0.29) is 34.4 Å². The summed E-state index contributed by atoms with van der Waals surface area (Å²) in [6.07, 6.45) is -6.20. The molecule has 3 aliphatic rings. The summed E-state index contributed by atoms with van der Waals surface area (Å²) in [4.78, 5) is 65.8. The van der Waals surface area contributed by atoms with Gasteiger partial charge in [0, 0.05) is 36.0 Å². The first-order valence-corrected chi connectivity index (χ1v) is 14.7. The van der Waals surface area contributed by atoms with Crippen molar-refractivity contribution in [3.8, 4) is 17.2 Å². The Morgan fingerprint density at radius 2 is 1.85 bits per heavy atom. The molecule has 16 nitrogen and oxygen atoms in total. The molecule has 254 valence electrons. The van der Waals surface area contributed by atoms with Gasteiger partial charge in [0.15, 0.2) is 17.9 Å². The maximum atomic E-state index is 13.9. The third-order valence-corrected chi connectivity index (χ3v) is 8.96. The predicted octanol–water partition coefficient (Wildman–Crippen LogP) is -0.725. The number of aromatic amines is 1. The SMILES string of the molecule is COc1cccc2c1C(=O)c1c(O)c3c(c(O)c1C2=O)C[C@@](O)(C(=O)CO)C[C@@H]3OC1CC(Nn2cc(F)c(=O)[nH]c2=O)C(O)C(C)O1. The Balaban J connectivity index is 1.43. The van der Waals surface area contributed by atoms with Crippen molar-refractivity contribution >= 4 is 17.3 Å². The van der Waals surface area contributed by atoms with E-state index in [9.17, 15) is 53.9 Å². The molecule has 0 saturated carbocycles. The fourth-order valence-corrected chi connectivity index (χ4v) is 6.57. The van der Waals surface area contributed by atoms with Gasteiger partial charge in [0.1, 0.15) is 35.6 Å². The second kappa shape index (κ2) is 11.9. The molecule has 17 heteroatoms. The minimum absolute atomic E-state index is 0.0343. The normalized spacial score (nSPS) is 26.3. The van der Waals surface area contributed by atoms with E-state index in [4.69, 9.17) is 14.2 Å². The zero-order valence-corrected chi connectivity index (χ0v) is 25.4. The summed E-state index contributed by atoms with van der Waals surface area (Å²) >= 11 is 0. The van der Waals surface area contributed by atoms with Crippen molar-refractivity contribution < 1.29 is 58.5 Å². The molecule has 0 spiro atoms. The van der Waals surface area contributed by atoms with E-state index in [1.807, 2.05) is 0 Å². The van der Waals surface area contributed by atoms with Crippen molar-refractivity contribution in [2.24, 2.45) is 0 Å². The largest absolute Gasteiger partial charge is 0.507 e. The van der Waals surface area contributed by atoms with Crippen LogP contribution in [0.25, 0.3) is 0 Å². The molecule has 0 radical (unpaired) electrons. The monoisotopic (exact) mass is 671 g/mol. The average Bonchev–Trinajstić information content (AvgIpc) is 3.05. The van der Waals surface area contributed by atoms with Crippen LogP contribution in [0.2, 0.25) is 0 Å². The Labute approximate surface area is 268 Å². The zero-order valence-electron chi connectivity index (χ0n) is 25.4. The molecule has 6 atom stereocenters. The minimum atomic E-state index is -2.38. The molecule has 0 amide bonds. The highest BCUT2D eigenvalue weighted by Gasteiger charge is 2.50. The second-order valence-electron chi connectivity index (χ2n) is 11.8. The Morgan fingerprint density at radius 1 is 1.15 bits per heavy atom. The van der Waals surface area contributed by atoms with Crippen LogP contribution in [0.1, 0.15) is 68.8 Å². The molecule has 3 aromatic rings. The number of methoxy groups -OCH3 is 1. The van der Waals surface area contributed by atoms with Crippen LogP contribution in [0.5, 0.6) is 17.2 Å². The molecule has 6 rings (SSSR count). The molecular formula is C31H30FN3O13. The van der Waals surface area contributed by atoms with Gasteiger partial charge in [-0.1, -0.05) is 12.1 Å². The highest BCUT2D eigenvalue weighted by atomic mass is 19.1. The molecule has 1 aromatic heterocycles. The number of ether oxygens (including phenoxy) is 3. The second-order valence-corrected chi connectivity index (χ2v) is 11.8. The lowest BCUT2D eigenvalue weighted by Gasteiger charge is -2.43. The number of rotatable bonds is 7. The molecule has 2 aromatic carbocycles. The number of aliphatic hydroxyl groups is 3. The molecule has 1 saturated heterocycles. The van der Waals surface area contributed by atoms with Crippen LogP contribution in [-0.4, -0.2) is 96.4 Å². The van der Waals surface area contributed by atoms with Crippen molar-refractivity contribution in [1.29, 1.82) is 0 Å². The van der Waals surface area contributed by atoms with Crippen molar-refractivity contribution in [3.63, 3.8) is 0 Å². The summed E-state index contributed by atoms with van der Waals surface area (Å²) < 4.78 is 31.7. The smallest absolute Gasteiger partial charge is 0.347 e. The highest BCUT2D eigenvalue weighted by Crippen LogP contribution is 2.52. The number of carbonyl (C=O) groups is 3. The first kappa shape index (κ1) is 33.0. The number of phenolic OH excluding ortho intramolecular Hbond substituents is 2. The summed E-state index contributed by atoms with van der Waals surface area (Å²) in [5.74, 6) is -5.58. The van der Waals surface area contributed by atoms with E-state index in [0.29, 0.717) is 10.9 Å². The van der Waals surface area contributed by atoms with E-state index in [1.165, 1.54) is 32.2 Å². The van der Waals surface area contributed by atoms with Gasteiger partial charge < -0.3 is 45.2 Å². The molecule has 1 aliphatic heterocycles. The predicted molar refractivity (Wildman–Crippen MR) is 158 cm³/mol. The van der Waals surface area contributed by atoms with Gasteiger partial charge in [0.2, 0.25) is 11.6 Å². The molecule has 0 bridgehead atoms. The van der Waals surface area contributed by atoms with E-state index in [0.717, 1.165) is 0 Å². The number of halogens is 1. The number of Topliss-reactive ketones (excluding diaryl/α,β-unsaturated/α-hetero) is 1. The Kier molecular flexibility index (Phi) is 8.20. The van der Waals surface area contributed by atoms with Crippen LogP contribution in [0, 0.1) is 5.82 Å². The van der Waals surface area contributed by atoms with Gasteiger partial charge in [-0.2, -0.15) is 4.39 Å². The molecule has 1 fully saturated rings. The van der Waals surface area contributed by atoms with Gasteiger partial charge in [-0.05, 0) is 13.0 Å². The Bertz CT molecular complexity index is 1990. The zero-order chi connectivity index (χ0) is 34.8. The molecule has 2 aliphatic carbocycles. The van der Waals surface area contributed by atoms with Gasteiger partial charge in [0.25, 0.3) is 5.56 Å². The van der Waals surface area contributed by atoms with Crippen molar-refractivity contribution in [1.82, 2.24) is 9.66 Å². The molecule has 7 N–H and O–H groups in total. The van der Waals surface area contributed by atoms with Crippen molar-refractivity contribution in [2.45, 2.75) is 62.4 Å². The fraction of sp³-hybridized carbons (Fsp3) is 0.387. The maximum Gasteiger partial charge on any atom is 0.347 e. The number of hydrogen-bond donors (Lipinski definition) is 7. The van der Waals surface area contributed by atoms with E-state index in [2.05, 4.69) is 5.43 Å². The van der Waals surface area contributed by atoms with Gasteiger partial charge in [-0.15, -0.1) is 0 Å². The highest BCUT2D eigenvalue weighted by molar-refractivity contribution is 6.31.